The molecule has 0 radical (unpaired) electrons. The number of rotatable bonds is 4. The number of fused-ring (bicyclic) bond motifs is 1. The van der Waals surface area contributed by atoms with Gasteiger partial charge in [0, 0.05) is 13.1 Å². The fourth-order valence-corrected chi connectivity index (χ4v) is 6.40. The first-order valence-corrected chi connectivity index (χ1v) is 11.1. The third kappa shape index (κ3) is 3.06. The van der Waals surface area contributed by atoms with Crippen molar-refractivity contribution in [1.82, 2.24) is 19.1 Å². The number of hydrogen-bond donors (Lipinski definition) is 0. The molecule has 3 heterocycles. The zero-order valence-corrected chi connectivity index (χ0v) is 16.6. The summed E-state index contributed by atoms with van der Waals surface area (Å²) in [7, 11) is -3.49. The first kappa shape index (κ1) is 17.6. The van der Waals surface area contributed by atoms with Crippen LogP contribution in [0.2, 0.25) is 0 Å². The maximum atomic E-state index is 13.1. The third-order valence-corrected chi connectivity index (χ3v) is 8.02. The lowest BCUT2D eigenvalue weighted by Crippen LogP contribution is -2.36. The van der Waals surface area contributed by atoms with Crippen LogP contribution < -0.4 is 0 Å². The minimum absolute atomic E-state index is 0.362. The summed E-state index contributed by atoms with van der Waals surface area (Å²) < 4.78 is 30.7. The monoisotopic (exact) mass is 390 g/mol. The molecule has 8 heteroatoms. The fraction of sp³-hybridized carbons (Fsp3) is 0.444. The van der Waals surface area contributed by atoms with Crippen molar-refractivity contribution in [3.63, 3.8) is 0 Å². The Morgan fingerprint density at radius 1 is 1.12 bits per heavy atom. The standard InChI is InChI=1S/C18H22N4O2S2/c1-13-18(26(23,24)21-10-6-3-7-11-21)14(2)22(20-13)12-17-19-15-8-4-5-9-16(15)25-17/h4-5,8-9H,3,6-7,10-12H2,1-2H3. The normalized spacial score (nSPS) is 16.4. The number of para-hydroxylation sites is 1. The van der Waals surface area contributed by atoms with Crippen LogP contribution in [0.4, 0.5) is 0 Å². The van der Waals surface area contributed by atoms with Crippen LogP contribution in [0.15, 0.2) is 29.2 Å². The highest BCUT2D eigenvalue weighted by Crippen LogP contribution is 2.28. The molecule has 3 aromatic rings. The molecule has 1 saturated heterocycles. The van der Waals surface area contributed by atoms with E-state index in [0.29, 0.717) is 35.9 Å². The topological polar surface area (TPSA) is 68.1 Å². The van der Waals surface area contributed by atoms with Gasteiger partial charge >= 0.3 is 0 Å². The SMILES string of the molecule is Cc1nn(Cc2nc3ccccc3s2)c(C)c1S(=O)(=O)N1CCCCC1. The Morgan fingerprint density at radius 3 is 2.58 bits per heavy atom. The number of nitrogens with zero attached hydrogens (tertiary/aromatic N) is 4. The van der Waals surface area contributed by atoms with Gasteiger partial charge in [0.15, 0.2) is 0 Å². The second kappa shape index (κ2) is 6.75. The van der Waals surface area contributed by atoms with Crippen LogP contribution in [0.1, 0.15) is 35.7 Å². The molecule has 0 N–H and O–H groups in total. The van der Waals surface area contributed by atoms with E-state index in [2.05, 4.69) is 10.1 Å². The molecule has 26 heavy (non-hydrogen) atoms. The highest BCUT2D eigenvalue weighted by atomic mass is 32.2. The largest absolute Gasteiger partial charge is 0.261 e. The van der Waals surface area contributed by atoms with Crippen molar-refractivity contribution < 1.29 is 8.42 Å². The number of piperidine rings is 1. The quantitative estimate of drug-likeness (QED) is 0.685. The van der Waals surface area contributed by atoms with Gasteiger partial charge < -0.3 is 0 Å². The molecule has 0 aliphatic carbocycles. The van der Waals surface area contributed by atoms with E-state index in [1.807, 2.05) is 31.2 Å². The fourth-order valence-electron chi connectivity index (χ4n) is 3.56. The van der Waals surface area contributed by atoms with Crippen molar-refractivity contribution in [3.8, 4) is 0 Å². The minimum atomic E-state index is -3.49. The van der Waals surface area contributed by atoms with E-state index < -0.39 is 10.0 Å². The van der Waals surface area contributed by atoms with Crippen molar-refractivity contribution in [1.29, 1.82) is 0 Å². The van der Waals surface area contributed by atoms with Crippen LogP contribution in [0.25, 0.3) is 10.2 Å². The van der Waals surface area contributed by atoms with E-state index in [9.17, 15) is 8.42 Å². The highest BCUT2D eigenvalue weighted by molar-refractivity contribution is 7.89. The zero-order valence-electron chi connectivity index (χ0n) is 15.0. The van der Waals surface area contributed by atoms with Gasteiger partial charge in [-0.25, -0.2) is 13.4 Å². The molecule has 0 bridgehead atoms. The molecule has 1 aromatic carbocycles. The van der Waals surface area contributed by atoms with E-state index in [1.165, 1.54) is 0 Å². The van der Waals surface area contributed by atoms with Crippen LogP contribution in [0, 0.1) is 13.8 Å². The summed E-state index contributed by atoms with van der Waals surface area (Å²) in [4.78, 5) is 5.00. The number of benzene rings is 1. The average molecular weight is 391 g/mol. The van der Waals surface area contributed by atoms with Crippen molar-refractivity contribution in [3.05, 3.63) is 40.7 Å². The summed E-state index contributed by atoms with van der Waals surface area (Å²) >= 11 is 1.62. The average Bonchev–Trinajstić information content (AvgIpc) is 3.16. The van der Waals surface area contributed by atoms with Crippen LogP contribution in [0.3, 0.4) is 0 Å². The van der Waals surface area contributed by atoms with Gasteiger partial charge in [-0.05, 0) is 38.8 Å². The van der Waals surface area contributed by atoms with Gasteiger partial charge in [-0.3, -0.25) is 4.68 Å². The van der Waals surface area contributed by atoms with E-state index in [4.69, 9.17) is 0 Å². The van der Waals surface area contributed by atoms with Gasteiger partial charge in [0.05, 0.1) is 28.1 Å². The lowest BCUT2D eigenvalue weighted by atomic mass is 10.2. The zero-order chi connectivity index (χ0) is 18.3. The van der Waals surface area contributed by atoms with Gasteiger partial charge in [0.2, 0.25) is 10.0 Å². The molecule has 0 spiro atoms. The summed E-state index contributed by atoms with van der Waals surface area (Å²) in [6.45, 7) is 5.30. The molecule has 1 aliphatic rings. The molecular weight excluding hydrogens is 368 g/mol. The van der Waals surface area contributed by atoms with Gasteiger partial charge in [0.25, 0.3) is 0 Å². The molecule has 1 fully saturated rings. The summed E-state index contributed by atoms with van der Waals surface area (Å²) in [5.41, 5.74) is 2.22. The first-order valence-electron chi connectivity index (χ1n) is 8.85. The molecule has 138 valence electrons. The van der Waals surface area contributed by atoms with Gasteiger partial charge in [-0.15, -0.1) is 11.3 Å². The maximum absolute atomic E-state index is 13.1. The molecule has 6 nitrogen and oxygen atoms in total. The van der Waals surface area contributed by atoms with Crippen molar-refractivity contribution in [2.45, 2.75) is 44.6 Å². The Morgan fingerprint density at radius 2 is 1.85 bits per heavy atom. The Balaban J connectivity index is 1.67. The molecule has 1 aliphatic heterocycles. The predicted molar refractivity (Wildman–Crippen MR) is 103 cm³/mol. The molecular formula is C18H22N4O2S2. The molecule has 0 atom stereocenters. The lowest BCUT2D eigenvalue weighted by molar-refractivity contribution is 0.346. The number of aromatic nitrogens is 3. The van der Waals surface area contributed by atoms with E-state index in [-0.39, 0.29) is 0 Å². The number of thiazole rings is 1. The van der Waals surface area contributed by atoms with Crippen LogP contribution in [0.5, 0.6) is 0 Å². The lowest BCUT2D eigenvalue weighted by Gasteiger charge is -2.25. The van der Waals surface area contributed by atoms with Crippen molar-refractivity contribution >= 4 is 31.6 Å². The second-order valence-electron chi connectivity index (χ2n) is 6.70. The second-order valence-corrected chi connectivity index (χ2v) is 9.69. The van der Waals surface area contributed by atoms with E-state index in [1.54, 1.807) is 27.2 Å². The summed E-state index contributed by atoms with van der Waals surface area (Å²) in [6, 6.07) is 8.00. The van der Waals surface area contributed by atoms with Crippen LogP contribution in [-0.4, -0.2) is 40.6 Å². The molecule has 4 rings (SSSR count). The van der Waals surface area contributed by atoms with E-state index >= 15 is 0 Å². The summed E-state index contributed by atoms with van der Waals surface area (Å²) in [6.07, 6.45) is 2.95. The Hall–Kier alpha value is -1.77. The Bertz CT molecular complexity index is 1010. The predicted octanol–water partition coefficient (Wildman–Crippen LogP) is 3.33. The number of sulfonamides is 1. The molecule has 0 amide bonds. The number of hydrogen-bond acceptors (Lipinski definition) is 5. The Kier molecular flexibility index (Phi) is 4.58. The number of aryl methyl sites for hydroxylation is 1. The van der Waals surface area contributed by atoms with Gasteiger partial charge in [-0.1, -0.05) is 18.6 Å². The van der Waals surface area contributed by atoms with Crippen LogP contribution in [-0.2, 0) is 16.6 Å². The molecule has 2 aromatic heterocycles. The van der Waals surface area contributed by atoms with Gasteiger partial charge in [-0.2, -0.15) is 9.40 Å². The maximum Gasteiger partial charge on any atom is 0.246 e. The van der Waals surface area contributed by atoms with Gasteiger partial charge in [0.1, 0.15) is 9.90 Å². The molecule has 0 unspecified atom stereocenters. The first-order chi connectivity index (χ1) is 12.5. The van der Waals surface area contributed by atoms with Crippen molar-refractivity contribution in [2.75, 3.05) is 13.1 Å². The smallest absolute Gasteiger partial charge is 0.246 e. The Labute approximate surface area is 157 Å². The molecule has 0 saturated carbocycles. The third-order valence-electron chi connectivity index (χ3n) is 4.85. The summed E-state index contributed by atoms with van der Waals surface area (Å²) in [5, 5.41) is 5.44. The minimum Gasteiger partial charge on any atom is -0.261 e. The summed E-state index contributed by atoms with van der Waals surface area (Å²) in [5.74, 6) is 0. The van der Waals surface area contributed by atoms with E-state index in [0.717, 1.165) is 34.5 Å². The van der Waals surface area contributed by atoms with Crippen LogP contribution >= 0.6 is 11.3 Å². The highest BCUT2D eigenvalue weighted by Gasteiger charge is 2.31. The van der Waals surface area contributed by atoms with Crippen molar-refractivity contribution in [2.24, 2.45) is 0 Å².